The van der Waals surface area contributed by atoms with Crippen molar-refractivity contribution >= 4 is 28.8 Å². The van der Waals surface area contributed by atoms with Gasteiger partial charge in [-0.3, -0.25) is 4.79 Å². The summed E-state index contributed by atoms with van der Waals surface area (Å²) in [5, 5.41) is 1.71. The Balaban J connectivity index is 1.48. The van der Waals surface area contributed by atoms with Crippen molar-refractivity contribution in [2.75, 3.05) is 6.54 Å². The van der Waals surface area contributed by atoms with Crippen LogP contribution in [0.5, 0.6) is 0 Å². The minimum Gasteiger partial charge on any atom is -0.443 e. The van der Waals surface area contributed by atoms with Gasteiger partial charge in [0.15, 0.2) is 0 Å². The van der Waals surface area contributed by atoms with Gasteiger partial charge in [-0.15, -0.1) is 11.3 Å². The predicted octanol–water partition coefficient (Wildman–Crippen LogP) is 4.90. The Labute approximate surface area is 173 Å². The smallest absolute Gasteiger partial charge is 0.228 e. The lowest BCUT2D eigenvalue weighted by Gasteiger charge is -2.22. The number of benzene rings is 1. The van der Waals surface area contributed by atoms with Crippen LogP contribution in [0, 0.1) is 13.8 Å². The number of nitrogens with zero attached hydrogens (tertiary/aromatic N) is 3. The van der Waals surface area contributed by atoms with Gasteiger partial charge in [-0.05, 0) is 38.3 Å². The van der Waals surface area contributed by atoms with Gasteiger partial charge in [-0.1, -0.05) is 29.8 Å². The third-order valence-corrected chi connectivity index (χ3v) is 6.51. The van der Waals surface area contributed by atoms with Gasteiger partial charge < -0.3 is 9.32 Å². The van der Waals surface area contributed by atoms with E-state index in [2.05, 4.69) is 9.97 Å². The van der Waals surface area contributed by atoms with Gasteiger partial charge in [0.2, 0.25) is 11.8 Å². The van der Waals surface area contributed by atoms with E-state index >= 15 is 0 Å². The van der Waals surface area contributed by atoms with Crippen LogP contribution in [0.15, 0.2) is 34.9 Å². The first-order valence-corrected chi connectivity index (χ1v) is 10.6. The fourth-order valence-corrected chi connectivity index (χ4v) is 4.82. The molecule has 0 aliphatic carbocycles. The Bertz CT molecular complexity index is 997. The van der Waals surface area contributed by atoms with Crippen molar-refractivity contribution in [2.24, 2.45) is 0 Å². The van der Waals surface area contributed by atoms with Crippen molar-refractivity contribution in [3.05, 3.63) is 68.3 Å². The Hall–Kier alpha value is -2.18. The standard InChI is InChI=1S/C21H22ClN3O2S/c1-13-19(28-14(2)24-13)11-20(26)25-9-5-8-18(25)21-23-12-16(27-21)10-15-6-3-4-7-17(15)22/h3-4,6-7,12,18H,5,8-11H2,1-2H3. The Morgan fingerprint density at radius 3 is 2.93 bits per heavy atom. The molecule has 0 saturated carbocycles. The fourth-order valence-electron chi connectivity index (χ4n) is 3.69. The van der Waals surface area contributed by atoms with Crippen molar-refractivity contribution in [3.63, 3.8) is 0 Å². The lowest BCUT2D eigenvalue weighted by Crippen LogP contribution is -2.32. The molecule has 1 amide bonds. The van der Waals surface area contributed by atoms with Crippen LogP contribution in [-0.2, 0) is 17.6 Å². The second-order valence-electron chi connectivity index (χ2n) is 7.10. The maximum absolute atomic E-state index is 12.9. The number of amides is 1. The second-order valence-corrected chi connectivity index (χ2v) is 8.79. The molecule has 1 aliphatic rings. The van der Waals surface area contributed by atoms with Crippen molar-refractivity contribution in [3.8, 4) is 0 Å². The molecule has 0 bridgehead atoms. The summed E-state index contributed by atoms with van der Waals surface area (Å²) >= 11 is 7.84. The van der Waals surface area contributed by atoms with Gasteiger partial charge in [0.05, 0.1) is 23.3 Å². The SMILES string of the molecule is Cc1nc(C)c(CC(=O)N2CCCC2c2ncc(Cc3ccccc3Cl)o2)s1. The number of rotatable bonds is 5. The summed E-state index contributed by atoms with van der Waals surface area (Å²) in [6.07, 6.45) is 4.56. The van der Waals surface area contributed by atoms with Crippen LogP contribution in [0.1, 0.15) is 51.7 Å². The highest BCUT2D eigenvalue weighted by molar-refractivity contribution is 7.11. The molecule has 146 valence electrons. The van der Waals surface area contributed by atoms with E-state index in [1.54, 1.807) is 17.5 Å². The third-order valence-electron chi connectivity index (χ3n) is 5.06. The molecule has 7 heteroatoms. The fraction of sp³-hybridized carbons (Fsp3) is 0.381. The van der Waals surface area contributed by atoms with Gasteiger partial charge in [-0.25, -0.2) is 9.97 Å². The molecule has 3 heterocycles. The van der Waals surface area contributed by atoms with Gasteiger partial charge >= 0.3 is 0 Å². The van der Waals surface area contributed by atoms with Crippen LogP contribution in [0.2, 0.25) is 5.02 Å². The summed E-state index contributed by atoms with van der Waals surface area (Å²) < 4.78 is 6.01. The summed E-state index contributed by atoms with van der Waals surface area (Å²) in [6, 6.07) is 7.62. The second kappa shape index (κ2) is 8.05. The zero-order chi connectivity index (χ0) is 19.7. The summed E-state index contributed by atoms with van der Waals surface area (Å²) in [4.78, 5) is 24.8. The van der Waals surface area contributed by atoms with Gasteiger partial charge in [-0.2, -0.15) is 0 Å². The molecule has 1 atom stereocenters. The van der Waals surface area contributed by atoms with Crippen LogP contribution in [-0.4, -0.2) is 27.3 Å². The lowest BCUT2D eigenvalue weighted by molar-refractivity contribution is -0.131. The molecular weight excluding hydrogens is 394 g/mol. The number of carbonyl (C=O) groups is 1. The molecule has 1 unspecified atom stereocenters. The quantitative estimate of drug-likeness (QED) is 0.594. The monoisotopic (exact) mass is 415 g/mol. The number of likely N-dealkylation sites (tertiary alicyclic amines) is 1. The van der Waals surface area contributed by atoms with E-state index in [1.165, 1.54) is 0 Å². The lowest BCUT2D eigenvalue weighted by atomic mass is 10.1. The number of thiazole rings is 1. The van der Waals surface area contributed by atoms with E-state index in [0.29, 0.717) is 23.8 Å². The number of aryl methyl sites for hydroxylation is 2. The van der Waals surface area contributed by atoms with Crippen molar-refractivity contribution in [2.45, 2.75) is 45.6 Å². The third kappa shape index (κ3) is 3.98. The van der Waals surface area contributed by atoms with Crippen LogP contribution in [0.3, 0.4) is 0 Å². The average molecular weight is 416 g/mol. The Morgan fingerprint density at radius 1 is 1.36 bits per heavy atom. The van der Waals surface area contributed by atoms with Crippen LogP contribution >= 0.6 is 22.9 Å². The molecule has 28 heavy (non-hydrogen) atoms. The maximum Gasteiger partial charge on any atom is 0.228 e. The highest BCUT2D eigenvalue weighted by atomic mass is 35.5. The first-order valence-electron chi connectivity index (χ1n) is 9.41. The predicted molar refractivity (Wildman–Crippen MR) is 110 cm³/mol. The molecule has 0 spiro atoms. The topological polar surface area (TPSA) is 59.2 Å². The number of hydrogen-bond donors (Lipinski definition) is 0. The van der Waals surface area contributed by atoms with E-state index in [9.17, 15) is 4.79 Å². The van der Waals surface area contributed by atoms with Crippen molar-refractivity contribution < 1.29 is 9.21 Å². The van der Waals surface area contributed by atoms with E-state index < -0.39 is 0 Å². The van der Waals surface area contributed by atoms with Crippen LogP contribution < -0.4 is 0 Å². The van der Waals surface area contributed by atoms with Crippen molar-refractivity contribution in [1.82, 2.24) is 14.9 Å². The Kier molecular flexibility index (Phi) is 5.51. The Morgan fingerprint density at radius 2 is 2.18 bits per heavy atom. The number of aromatic nitrogens is 2. The molecule has 5 nitrogen and oxygen atoms in total. The van der Waals surface area contributed by atoms with E-state index in [0.717, 1.165) is 46.3 Å². The van der Waals surface area contributed by atoms with Crippen LogP contribution in [0.25, 0.3) is 0 Å². The summed E-state index contributed by atoms with van der Waals surface area (Å²) in [6.45, 7) is 4.67. The highest BCUT2D eigenvalue weighted by Crippen LogP contribution is 2.33. The van der Waals surface area contributed by atoms with E-state index in [-0.39, 0.29) is 11.9 Å². The molecule has 1 saturated heterocycles. The van der Waals surface area contributed by atoms with Crippen LogP contribution in [0.4, 0.5) is 0 Å². The molecular formula is C21H22ClN3O2S. The molecule has 1 fully saturated rings. The van der Waals surface area contributed by atoms with Gasteiger partial charge in [0.1, 0.15) is 11.8 Å². The minimum absolute atomic E-state index is 0.0955. The molecule has 0 N–H and O–H groups in total. The molecule has 0 radical (unpaired) electrons. The zero-order valence-electron chi connectivity index (χ0n) is 15.9. The first kappa shape index (κ1) is 19.2. The molecule has 1 aliphatic heterocycles. The largest absolute Gasteiger partial charge is 0.443 e. The first-order chi connectivity index (χ1) is 13.5. The summed E-state index contributed by atoms with van der Waals surface area (Å²) in [5.41, 5.74) is 1.95. The summed E-state index contributed by atoms with van der Waals surface area (Å²) in [5.74, 6) is 1.49. The minimum atomic E-state index is -0.0955. The zero-order valence-corrected chi connectivity index (χ0v) is 17.5. The molecule has 3 aromatic rings. The van der Waals surface area contributed by atoms with Gasteiger partial charge in [0, 0.05) is 22.9 Å². The molecule has 1 aromatic carbocycles. The molecule has 4 rings (SSSR count). The van der Waals surface area contributed by atoms with Gasteiger partial charge in [0.25, 0.3) is 0 Å². The summed E-state index contributed by atoms with van der Waals surface area (Å²) in [7, 11) is 0. The highest BCUT2D eigenvalue weighted by Gasteiger charge is 2.33. The maximum atomic E-state index is 12.9. The number of hydrogen-bond acceptors (Lipinski definition) is 5. The molecule has 2 aromatic heterocycles. The normalized spacial score (nSPS) is 16.7. The number of carbonyl (C=O) groups excluding carboxylic acids is 1. The number of halogens is 1. The van der Waals surface area contributed by atoms with E-state index in [4.69, 9.17) is 16.0 Å². The average Bonchev–Trinajstić information content (AvgIpc) is 3.37. The van der Waals surface area contributed by atoms with Crippen molar-refractivity contribution in [1.29, 1.82) is 0 Å². The van der Waals surface area contributed by atoms with E-state index in [1.807, 2.05) is 43.0 Å². The number of oxazole rings is 1.